The molecule has 0 aliphatic heterocycles. The fourth-order valence-corrected chi connectivity index (χ4v) is 2.14. The summed E-state index contributed by atoms with van der Waals surface area (Å²) in [6.07, 6.45) is 4.71. The molecule has 0 saturated heterocycles. The van der Waals surface area contributed by atoms with Crippen molar-refractivity contribution in [1.29, 1.82) is 0 Å². The molecule has 1 aromatic carbocycles. The maximum Gasteiger partial charge on any atom is 0.220 e. The summed E-state index contributed by atoms with van der Waals surface area (Å²) in [7, 11) is 1.85. The molecule has 0 fully saturated rings. The Morgan fingerprint density at radius 1 is 1.33 bits per heavy atom. The van der Waals surface area contributed by atoms with Gasteiger partial charge in [0.15, 0.2) is 0 Å². The van der Waals surface area contributed by atoms with E-state index < -0.39 is 6.10 Å². The first kappa shape index (κ1) is 15.3. The second kappa shape index (κ2) is 7.59. The Labute approximate surface area is 124 Å². The molecule has 0 aliphatic rings. The minimum absolute atomic E-state index is 0.0500. The molecule has 1 unspecified atom stereocenters. The molecule has 112 valence electrons. The average molecular weight is 287 g/mol. The quantitative estimate of drug-likeness (QED) is 0.800. The Morgan fingerprint density at radius 2 is 2.10 bits per heavy atom. The molecule has 1 atom stereocenters. The van der Waals surface area contributed by atoms with Gasteiger partial charge in [0.25, 0.3) is 0 Å². The van der Waals surface area contributed by atoms with Crippen molar-refractivity contribution in [2.45, 2.75) is 25.4 Å². The molecule has 0 bridgehead atoms. The summed E-state index contributed by atoms with van der Waals surface area (Å²) in [5.74, 6) is -0.0500. The molecular formula is C16H21N3O2. The van der Waals surface area contributed by atoms with E-state index in [1.165, 1.54) is 0 Å². The van der Waals surface area contributed by atoms with E-state index >= 15 is 0 Å². The molecule has 2 aromatic rings. The highest BCUT2D eigenvalue weighted by atomic mass is 16.3. The fraction of sp³-hybridized carbons (Fsp3) is 0.375. The third-order valence-electron chi connectivity index (χ3n) is 3.25. The Hall–Kier alpha value is -2.14. The largest absolute Gasteiger partial charge is 0.391 e. The minimum Gasteiger partial charge on any atom is -0.391 e. The zero-order chi connectivity index (χ0) is 15.1. The van der Waals surface area contributed by atoms with Gasteiger partial charge in [-0.1, -0.05) is 30.3 Å². The van der Waals surface area contributed by atoms with Crippen molar-refractivity contribution in [3.8, 4) is 0 Å². The smallest absolute Gasteiger partial charge is 0.220 e. The van der Waals surface area contributed by atoms with Crippen LogP contribution in [-0.2, 0) is 24.7 Å². The number of carbonyl (C=O) groups excluding carboxylic acids is 1. The van der Waals surface area contributed by atoms with Gasteiger partial charge in [-0.15, -0.1) is 0 Å². The number of carbonyl (C=O) groups is 1. The van der Waals surface area contributed by atoms with Gasteiger partial charge in [-0.3, -0.25) is 9.48 Å². The maximum absolute atomic E-state index is 11.7. The molecular weight excluding hydrogens is 266 g/mol. The lowest BCUT2D eigenvalue weighted by Gasteiger charge is -2.11. The van der Waals surface area contributed by atoms with E-state index in [0.29, 0.717) is 19.3 Å². The van der Waals surface area contributed by atoms with E-state index in [9.17, 15) is 9.90 Å². The van der Waals surface area contributed by atoms with Gasteiger partial charge < -0.3 is 10.4 Å². The van der Waals surface area contributed by atoms with E-state index in [1.807, 2.05) is 43.6 Å². The van der Waals surface area contributed by atoms with Crippen molar-refractivity contribution in [1.82, 2.24) is 15.1 Å². The number of hydrogen-bond donors (Lipinski definition) is 2. The van der Waals surface area contributed by atoms with E-state index in [0.717, 1.165) is 11.1 Å². The number of amides is 1. The molecule has 0 radical (unpaired) electrons. The zero-order valence-electron chi connectivity index (χ0n) is 12.2. The van der Waals surface area contributed by atoms with Gasteiger partial charge >= 0.3 is 0 Å². The number of benzene rings is 1. The van der Waals surface area contributed by atoms with Crippen LogP contribution in [0.1, 0.15) is 17.5 Å². The van der Waals surface area contributed by atoms with Gasteiger partial charge in [0.1, 0.15) is 0 Å². The van der Waals surface area contributed by atoms with Crippen LogP contribution in [0.4, 0.5) is 0 Å². The number of nitrogens with zero attached hydrogens (tertiary/aromatic N) is 2. The molecule has 5 nitrogen and oxygen atoms in total. The van der Waals surface area contributed by atoms with Gasteiger partial charge in [0.05, 0.1) is 12.3 Å². The van der Waals surface area contributed by atoms with E-state index in [4.69, 9.17) is 0 Å². The van der Waals surface area contributed by atoms with Gasteiger partial charge in [0, 0.05) is 32.6 Å². The van der Waals surface area contributed by atoms with Gasteiger partial charge in [-0.2, -0.15) is 5.10 Å². The lowest BCUT2D eigenvalue weighted by atomic mass is 10.1. The van der Waals surface area contributed by atoms with Crippen LogP contribution < -0.4 is 5.32 Å². The first-order chi connectivity index (χ1) is 10.1. The lowest BCUT2D eigenvalue weighted by molar-refractivity contribution is -0.121. The van der Waals surface area contributed by atoms with E-state index in [1.54, 1.807) is 10.9 Å². The van der Waals surface area contributed by atoms with Crippen LogP contribution in [-0.4, -0.2) is 33.4 Å². The molecule has 1 amide bonds. The van der Waals surface area contributed by atoms with E-state index in [-0.39, 0.29) is 12.5 Å². The number of hydrogen-bond acceptors (Lipinski definition) is 3. The Morgan fingerprint density at radius 3 is 2.76 bits per heavy atom. The summed E-state index contributed by atoms with van der Waals surface area (Å²) in [4.78, 5) is 11.7. The number of nitrogens with one attached hydrogen (secondary N) is 1. The summed E-state index contributed by atoms with van der Waals surface area (Å²) < 4.78 is 1.72. The molecule has 21 heavy (non-hydrogen) atoms. The highest BCUT2D eigenvalue weighted by Gasteiger charge is 2.08. The summed E-state index contributed by atoms with van der Waals surface area (Å²) in [6.45, 7) is 0.279. The third kappa shape index (κ3) is 5.39. The molecule has 1 aromatic heterocycles. The number of aliphatic hydroxyl groups is 1. The van der Waals surface area contributed by atoms with Crippen LogP contribution in [0.5, 0.6) is 0 Å². The lowest BCUT2D eigenvalue weighted by Crippen LogP contribution is -2.33. The van der Waals surface area contributed by atoms with E-state index in [2.05, 4.69) is 10.4 Å². The predicted molar refractivity (Wildman–Crippen MR) is 80.7 cm³/mol. The monoisotopic (exact) mass is 287 g/mol. The Kier molecular flexibility index (Phi) is 5.51. The van der Waals surface area contributed by atoms with Crippen LogP contribution in [0, 0.1) is 0 Å². The van der Waals surface area contributed by atoms with Crippen LogP contribution in [0.3, 0.4) is 0 Å². The molecule has 1 heterocycles. The molecule has 0 aliphatic carbocycles. The fourth-order valence-electron chi connectivity index (χ4n) is 2.14. The Bertz CT molecular complexity index is 566. The predicted octanol–water partition coefficient (Wildman–Crippen LogP) is 1.07. The highest BCUT2D eigenvalue weighted by molar-refractivity contribution is 5.76. The zero-order valence-corrected chi connectivity index (χ0v) is 12.2. The van der Waals surface area contributed by atoms with Crippen molar-refractivity contribution >= 4 is 5.91 Å². The van der Waals surface area contributed by atoms with Gasteiger partial charge in [-0.25, -0.2) is 0 Å². The third-order valence-corrected chi connectivity index (χ3v) is 3.25. The number of aliphatic hydroxyl groups excluding tert-OH is 1. The second-order valence-electron chi connectivity index (χ2n) is 5.17. The first-order valence-electron chi connectivity index (χ1n) is 7.09. The molecule has 0 saturated carbocycles. The van der Waals surface area contributed by atoms with Crippen LogP contribution in [0.15, 0.2) is 42.7 Å². The maximum atomic E-state index is 11.7. The van der Waals surface area contributed by atoms with Crippen molar-refractivity contribution in [2.75, 3.05) is 6.54 Å². The van der Waals surface area contributed by atoms with Crippen LogP contribution in [0.2, 0.25) is 0 Å². The summed E-state index contributed by atoms with van der Waals surface area (Å²) in [5.41, 5.74) is 2.10. The molecule has 5 heteroatoms. The Balaban J connectivity index is 1.66. The summed E-state index contributed by atoms with van der Waals surface area (Å²) >= 11 is 0. The highest BCUT2D eigenvalue weighted by Crippen LogP contribution is 2.03. The van der Waals surface area contributed by atoms with Crippen molar-refractivity contribution in [3.63, 3.8) is 0 Å². The van der Waals surface area contributed by atoms with Crippen molar-refractivity contribution in [2.24, 2.45) is 7.05 Å². The molecule has 0 spiro atoms. The minimum atomic E-state index is -0.560. The van der Waals surface area contributed by atoms with Gasteiger partial charge in [0.2, 0.25) is 5.91 Å². The first-order valence-corrected chi connectivity index (χ1v) is 7.09. The molecule has 2 N–H and O–H groups in total. The summed E-state index contributed by atoms with van der Waals surface area (Å²) in [6, 6.07) is 9.75. The normalized spacial score (nSPS) is 12.1. The molecule has 2 rings (SSSR count). The van der Waals surface area contributed by atoms with Crippen LogP contribution >= 0.6 is 0 Å². The topological polar surface area (TPSA) is 67.2 Å². The van der Waals surface area contributed by atoms with Crippen molar-refractivity contribution in [3.05, 3.63) is 53.9 Å². The van der Waals surface area contributed by atoms with Crippen molar-refractivity contribution < 1.29 is 9.90 Å². The second-order valence-corrected chi connectivity index (χ2v) is 5.17. The SMILES string of the molecule is Cn1cc(CCC(=O)NCC(O)Cc2ccccc2)cn1. The average Bonchev–Trinajstić information content (AvgIpc) is 2.90. The standard InChI is InChI=1S/C16H21N3O2/c1-19-12-14(10-18-19)7-8-16(21)17-11-15(20)9-13-5-3-2-4-6-13/h2-6,10,12,15,20H,7-9,11H2,1H3,(H,17,21). The number of rotatable bonds is 7. The van der Waals surface area contributed by atoms with Crippen LogP contribution in [0.25, 0.3) is 0 Å². The number of aryl methyl sites for hydroxylation is 2. The van der Waals surface area contributed by atoms with Gasteiger partial charge in [-0.05, 0) is 17.5 Å². The number of aromatic nitrogens is 2. The summed E-state index contributed by atoms with van der Waals surface area (Å²) in [5, 5.41) is 16.7.